The van der Waals surface area contributed by atoms with Gasteiger partial charge >= 0.3 is 0 Å². The number of thiazole rings is 1. The van der Waals surface area contributed by atoms with Crippen molar-refractivity contribution in [1.29, 1.82) is 5.26 Å². The van der Waals surface area contributed by atoms with Crippen LogP contribution in [0.5, 0.6) is 0 Å². The van der Waals surface area contributed by atoms with Crippen LogP contribution in [0.3, 0.4) is 0 Å². The molecule has 0 aliphatic rings. The summed E-state index contributed by atoms with van der Waals surface area (Å²) < 4.78 is 0. The third kappa shape index (κ3) is 2.18. The zero-order chi connectivity index (χ0) is 11.5. The Hall–Kier alpha value is -1.51. The smallest absolute Gasteiger partial charge is 0.140 e. The summed E-state index contributed by atoms with van der Waals surface area (Å²) in [7, 11) is 0. The van der Waals surface area contributed by atoms with Gasteiger partial charge in [0.1, 0.15) is 22.4 Å². The Balaban J connectivity index is 2.41. The van der Waals surface area contributed by atoms with Gasteiger partial charge in [0.05, 0.1) is 11.8 Å². The molecule has 2 rings (SSSR count). The van der Waals surface area contributed by atoms with Gasteiger partial charge in [-0.05, 0) is 13.0 Å². The maximum absolute atomic E-state index is 9.15. The van der Waals surface area contributed by atoms with Gasteiger partial charge in [0, 0.05) is 11.1 Å². The van der Waals surface area contributed by atoms with Crippen molar-refractivity contribution in [1.82, 2.24) is 15.0 Å². The van der Waals surface area contributed by atoms with Crippen LogP contribution in [0.25, 0.3) is 0 Å². The highest BCUT2D eigenvalue weighted by Gasteiger charge is 2.18. The predicted molar refractivity (Wildman–Crippen MR) is 61.3 cm³/mol. The van der Waals surface area contributed by atoms with Crippen molar-refractivity contribution in [3.05, 3.63) is 39.3 Å². The number of rotatable bonds is 2. The fourth-order valence-electron chi connectivity index (χ4n) is 1.26. The monoisotopic (exact) mass is 250 g/mol. The fraction of sp³-hybridized carbons (Fsp3) is 0.200. The molecule has 80 valence electrons. The summed E-state index contributed by atoms with van der Waals surface area (Å²) in [6.07, 6.45) is 1.35. The minimum absolute atomic E-state index is 0.332. The minimum atomic E-state index is -0.473. The van der Waals surface area contributed by atoms with Crippen LogP contribution < -0.4 is 0 Å². The first-order valence-corrected chi connectivity index (χ1v) is 5.75. The van der Waals surface area contributed by atoms with E-state index in [-0.39, 0.29) is 0 Å². The summed E-state index contributed by atoms with van der Waals surface area (Å²) in [4.78, 5) is 12.1. The largest absolute Gasteiger partial charge is 0.245 e. The van der Waals surface area contributed by atoms with Crippen molar-refractivity contribution >= 4 is 22.9 Å². The summed E-state index contributed by atoms with van der Waals surface area (Å²) in [5.41, 5.74) is 1.48. The van der Waals surface area contributed by atoms with Gasteiger partial charge in [-0.25, -0.2) is 15.0 Å². The summed E-state index contributed by atoms with van der Waals surface area (Å²) in [6, 6.07) is 3.76. The Kier molecular flexibility index (Phi) is 3.13. The van der Waals surface area contributed by atoms with Gasteiger partial charge in [-0.15, -0.1) is 11.3 Å². The number of aryl methyl sites for hydroxylation is 1. The van der Waals surface area contributed by atoms with Crippen LogP contribution in [-0.2, 0) is 0 Å². The second kappa shape index (κ2) is 4.56. The molecule has 1 unspecified atom stereocenters. The third-order valence-corrected chi connectivity index (χ3v) is 3.20. The Morgan fingerprint density at radius 1 is 1.50 bits per heavy atom. The third-order valence-electron chi connectivity index (χ3n) is 1.96. The van der Waals surface area contributed by atoms with E-state index in [1.54, 1.807) is 6.07 Å². The maximum Gasteiger partial charge on any atom is 0.140 e. The number of aromatic nitrogens is 3. The maximum atomic E-state index is 9.15. The van der Waals surface area contributed by atoms with Crippen LogP contribution in [0.15, 0.2) is 17.8 Å². The van der Waals surface area contributed by atoms with Crippen LogP contribution >= 0.6 is 22.9 Å². The number of nitriles is 1. The van der Waals surface area contributed by atoms with Gasteiger partial charge in [0.25, 0.3) is 0 Å². The number of hydrogen-bond acceptors (Lipinski definition) is 5. The van der Waals surface area contributed by atoms with E-state index in [9.17, 15) is 0 Å². The molecule has 6 heteroatoms. The molecule has 0 saturated heterocycles. The van der Waals surface area contributed by atoms with Crippen LogP contribution in [-0.4, -0.2) is 15.0 Å². The lowest BCUT2D eigenvalue weighted by Crippen LogP contribution is -2.01. The Morgan fingerprint density at radius 3 is 2.88 bits per heavy atom. The molecule has 4 nitrogen and oxygen atoms in total. The summed E-state index contributed by atoms with van der Waals surface area (Å²) in [5.74, 6) is -0.473. The Bertz CT molecular complexity index is 546. The van der Waals surface area contributed by atoms with Crippen molar-refractivity contribution in [3.63, 3.8) is 0 Å². The molecule has 0 radical (unpaired) electrons. The number of halogens is 1. The van der Waals surface area contributed by atoms with E-state index in [0.717, 1.165) is 10.7 Å². The lowest BCUT2D eigenvalue weighted by atomic mass is 10.1. The predicted octanol–water partition coefficient (Wildman–Crippen LogP) is 2.55. The van der Waals surface area contributed by atoms with Gasteiger partial charge in [0.15, 0.2) is 0 Å². The second-order valence-electron chi connectivity index (χ2n) is 3.15. The van der Waals surface area contributed by atoms with E-state index >= 15 is 0 Å². The normalized spacial score (nSPS) is 12.1. The number of nitrogens with zero attached hydrogens (tertiary/aromatic N) is 4. The Morgan fingerprint density at radius 2 is 2.31 bits per heavy atom. The van der Waals surface area contributed by atoms with Crippen molar-refractivity contribution < 1.29 is 0 Å². The zero-order valence-electron chi connectivity index (χ0n) is 8.38. The molecule has 0 spiro atoms. The van der Waals surface area contributed by atoms with E-state index < -0.39 is 5.92 Å². The van der Waals surface area contributed by atoms with E-state index in [1.807, 2.05) is 12.3 Å². The molecule has 1 atom stereocenters. The highest BCUT2D eigenvalue weighted by molar-refractivity contribution is 7.09. The molecule has 0 bridgehead atoms. The molecule has 2 aromatic rings. The molecule has 0 amide bonds. The lowest BCUT2D eigenvalue weighted by Gasteiger charge is -2.04. The average molecular weight is 251 g/mol. The highest BCUT2D eigenvalue weighted by atomic mass is 35.5. The molecular formula is C10H7ClN4S. The first-order valence-electron chi connectivity index (χ1n) is 4.50. The quantitative estimate of drug-likeness (QED) is 0.769. The summed E-state index contributed by atoms with van der Waals surface area (Å²) >= 11 is 7.21. The second-order valence-corrected chi connectivity index (χ2v) is 4.43. The van der Waals surface area contributed by atoms with Crippen LogP contribution in [0, 0.1) is 18.3 Å². The van der Waals surface area contributed by atoms with Gasteiger partial charge in [-0.2, -0.15) is 5.26 Å². The zero-order valence-corrected chi connectivity index (χ0v) is 9.96. The van der Waals surface area contributed by atoms with E-state index in [0.29, 0.717) is 10.8 Å². The molecular weight excluding hydrogens is 244 g/mol. The minimum Gasteiger partial charge on any atom is -0.245 e. The topological polar surface area (TPSA) is 62.5 Å². The summed E-state index contributed by atoms with van der Waals surface area (Å²) in [5, 5.41) is 12.1. The molecule has 0 aliphatic heterocycles. The van der Waals surface area contributed by atoms with Gasteiger partial charge < -0.3 is 0 Å². The molecule has 0 N–H and O–H groups in total. The van der Waals surface area contributed by atoms with Crippen LogP contribution in [0.4, 0.5) is 0 Å². The van der Waals surface area contributed by atoms with Crippen LogP contribution in [0.1, 0.15) is 22.3 Å². The standard InChI is InChI=1S/C10H7ClN4S/c1-6-4-16-10(15-6)7(3-12)8-2-9(11)14-5-13-8/h2,4-5,7H,1H3. The summed E-state index contributed by atoms with van der Waals surface area (Å²) in [6.45, 7) is 1.89. The van der Waals surface area contributed by atoms with E-state index in [2.05, 4.69) is 21.0 Å². The Labute approximate surface area is 102 Å². The van der Waals surface area contributed by atoms with Crippen LogP contribution in [0.2, 0.25) is 5.15 Å². The van der Waals surface area contributed by atoms with Crippen molar-refractivity contribution in [2.75, 3.05) is 0 Å². The molecule has 0 saturated carbocycles. The fourth-order valence-corrected chi connectivity index (χ4v) is 2.26. The molecule has 2 heterocycles. The molecule has 0 aromatic carbocycles. The molecule has 16 heavy (non-hydrogen) atoms. The lowest BCUT2D eigenvalue weighted by molar-refractivity contribution is 0.924. The van der Waals surface area contributed by atoms with Crippen molar-refractivity contribution in [3.8, 4) is 6.07 Å². The molecule has 0 fully saturated rings. The highest BCUT2D eigenvalue weighted by Crippen LogP contribution is 2.26. The average Bonchev–Trinajstić information content (AvgIpc) is 2.66. The van der Waals surface area contributed by atoms with Crippen molar-refractivity contribution in [2.24, 2.45) is 0 Å². The van der Waals surface area contributed by atoms with E-state index in [4.69, 9.17) is 16.9 Å². The van der Waals surface area contributed by atoms with Gasteiger partial charge in [0.2, 0.25) is 0 Å². The molecule has 2 aromatic heterocycles. The van der Waals surface area contributed by atoms with Gasteiger partial charge in [-0.3, -0.25) is 0 Å². The van der Waals surface area contributed by atoms with Crippen molar-refractivity contribution in [2.45, 2.75) is 12.8 Å². The first-order chi connectivity index (χ1) is 7.70. The molecule has 0 aliphatic carbocycles. The van der Waals surface area contributed by atoms with E-state index in [1.165, 1.54) is 17.7 Å². The first kappa shape index (κ1) is 11.0. The SMILES string of the molecule is Cc1csc(C(C#N)c2cc(Cl)ncn2)n1. The van der Waals surface area contributed by atoms with Gasteiger partial charge in [-0.1, -0.05) is 11.6 Å². The number of hydrogen-bond donors (Lipinski definition) is 0.